The van der Waals surface area contributed by atoms with Crippen molar-refractivity contribution in [1.29, 1.82) is 0 Å². The van der Waals surface area contributed by atoms with Crippen LogP contribution in [0.15, 0.2) is 43.0 Å². The Kier molecular flexibility index (Phi) is 4.34. The third kappa shape index (κ3) is 3.09. The summed E-state index contributed by atoms with van der Waals surface area (Å²) in [5, 5.41) is 1.17. The molecule has 0 aliphatic heterocycles. The fraction of sp³-hybridized carbons (Fsp3) is 0.400. The molecular formula is C20H20O4S. The Bertz CT molecular complexity index is 791. The van der Waals surface area contributed by atoms with Crippen LogP contribution < -0.4 is 0 Å². The van der Waals surface area contributed by atoms with Gasteiger partial charge >= 0.3 is 11.9 Å². The molecule has 4 rings (SSSR count). The summed E-state index contributed by atoms with van der Waals surface area (Å²) < 4.78 is 11.9. The molecule has 5 heteroatoms. The van der Waals surface area contributed by atoms with E-state index in [1.807, 2.05) is 12.1 Å². The van der Waals surface area contributed by atoms with Crippen LogP contribution in [0.3, 0.4) is 0 Å². The first-order chi connectivity index (χ1) is 12.2. The molecule has 2 aromatic rings. The molecule has 1 aromatic heterocycles. The molecule has 0 bridgehead atoms. The lowest BCUT2D eigenvalue weighted by Gasteiger charge is -2.13. The maximum atomic E-state index is 12.5. The Labute approximate surface area is 150 Å². The topological polar surface area (TPSA) is 52.6 Å². The predicted octanol–water partition coefficient (Wildman–Crippen LogP) is 3.95. The lowest BCUT2D eigenvalue weighted by molar-refractivity contribution is -0.151. The van der Waals surface area contributed by atoms with Crippen molar-refractivity contribution in [1.82, 2.24) is 0 Å². The molecule has 4 atom stereocenters. The summed E-state index contributed by atoms with van der Waals surface area (Å²) in [7, 11) is 0. The fourth-order valence-corrected chi connectivity index (χ4v) is 5.06. The Hall–Kier alpha value is -2.14. The van der Waals surface area contributed by atoms with Crippen LogP contribution in [0.4, 0.5) is 0 Å². The second kappa shape index (κ2) is 6.64. The van der Waals surface area contributed by atoms with E-state index in [4.69, 9.17) is 9.47 Å². The van der Waals surface area contributed by atoms with Gasteiger partial charge in [0.15, 0.2) is 0 Å². The maximum absolute atomic E-state index is 12.5. The van der Waals surface area contributed by atoms with Gasteiger partial charge in [0.25, 0.3) is 0 Å². The zero-order chi connectivity index (χ0) is 17.4. The minimum Gasteiger partial charge on any atom is -0.461 e. The number of ether oxygens (including phenoxy) is 2. The average molecular weight is 356 g/mol. The summed E-state index contributed by atoms with van der Waals surface area (Å²) in [5.74, 6) is -0.275. The van der Waals surface area contributed by atoms with Crippen LogP contribution in [0.25, 0.3) is 10.1 Å². The molecule has 0 N–H and O–H groups in total. The normalized spacial score (nSPS) is 26.9. The van der Waals surface area contributed by atoms with E-state index < -0.39 is 0 Å². The highest BCUT2D eigenvalue weighted by atomic mass is 32.1. The van der Waals surface area contributed by atoms with Crippen molar-refractivity contribution in [2.24, 2.45) is 23.7 Å². The number of fused-ring (bicyclic) bond motifs is 2. The van der Waals surface area contributed by atoms with Gasteiger partial charge in [-0.2, -0.15) is 0 Å². The van der Waals surface area contributed by atoms with Gasteiger partial charge in [0.2, 0.25) is 0 Å². The summed E-state index contributed by atoms with van der Waals surface area (Å²) in [6, 6.07) is 10.2. The van der Waals surface area contributed by atoms with Gasteiger partial charge in [-0.3, -0.25) is 9.59 Å². The third-order valence-corrected chi connectivity index (χ3v) is 6.35. The molecule has 4 unspecified atom stereocenters. The van der Waals surface area contributed by atoms with Crippen LogP contribution in [0.5, 0.6) is 0 Å². The summed E-state index contributed by atoms with van der Waals surface area (Å²) in [6.45, 7) is 4.08. The second-order valence-electron chi connectivity index (χ2n) is 6.73. The summed E-state index contributed by atoms with van der Waals surface area (Å²) >= 11 is 1.65. The van der Waals surface area contributed by atoms with Gasteiger partial charge < -0.3 is 9.47 Å². The highest BCUT2D eigenvalue weighted by Crippen LogP contribution is 2.61. The van der Waals surface area contributed by atoms with Gasteiger partial charge in [-0.05, 0) is 42.2 Å². The number of thiophene rings is 1. The van der Waals surface area contributed by atoms with Crippen molar-refractivity contribution >= 4 is 33.4 Å². The number of esters is 2. The van der Waals surface area contributed by atoms with E-state index in [-0.39, 0.29) is 36.3 Å². The summed E-state index contributed by atoms with van der Waals surface area (Å²) in [6.07, 6.45) is 3.28. The van der Waals surface area contributed by atoms with Crippen LogP contribution in [0.1, 0.15) is 17.7 Å². The minimum atomic E-state index is -0.197. The molecule has 2 fully saturated rings. The molecular weight excluding hydrogens is 336 g/mol. The monoisotopic (exact) mass is 356 g/mol. The second-order valence-corrected chi connectivity index (χ2v) is 7.90. The van der Waals surface area contributed by atoms with Crippen molar-refractivity contribution < 1.29 is 19.1 Å². The van der Waals surface area contributed by atoms with Crippen molar-refractivity contribution in [3.05, 3.63) is 47.9 Å². The number of carbonyl (C=O) groups excluding carboxylic acids is 2. The number of hydrogen-bond acceptors (Lipinski definition) is 5. The Morgan fingerprint density at radius 2 is 2.04 bits per heavy atom. The van der Waals surface area contributed by atoms with Gasteiger partial charge in [-0.1, -0.05) is 30.9 Å². The van der Waals surface area contributed by atoms with Crippen LogP contribution in [-0.4, -0.2) is 18.5 Å². The van der Waals surface area contributed by atoms with Crippen LogP contribution in [0, 0.1) is 23.7 Å². The van der Waals surface area contributed by atoms with Crippen molar-refractivity contribution in [2.75, 3.05) is 6.61 Å². The maximum Gasteiger partial charge on any atom is 0.309 e. The van der Waals surface area contributed by atoms with Crippen LogP contribution in [0.2, 0.25) is 0 Å². The molecule has 1 heterocycles. The summed E-state index contributed by atoms with van der Waals surface area (Å²) in [5.41, 5.74) is 0. The first-order valence-electron chi connectivity index (χ1n) is 8.60. The molecule has 25 heavy (non-hydrogen) atoms. The molecule has 0 spiro atoms. The number of benzene rings is 1. The van der Waals surface area contributed by atoms with E-state index in [0.717, 1.165) is 17.7 Å². The largest absolute Gasteiger partial charge is 0.461 e. The predicted molar refractivity (Wildman–Crippen MR) is 96.0 cm³/mol. The SMILES string of the molecule is C=CCOC(=O)C1C2CCC(C(=O)OCc3cc4ccccc4s3)C21. The molecule has 2 aliphatic carbocycles. The quantitative estimate of drug-likeness (QED) is 0.581. The van der Waals surface area contributed by atoms with E-state index in [2.05, 4.69) is 24.8 Å². The molecule has 0 amide bonds. The lowest BCUT2D eigenvalue weighted by Crippen LogP contribution is -2.21. The Balaban J connectivity index is 1.34. The molecule has 130 valence electrons. The Morgan fingerprint density at radius 3 is 2.84 bits per heavy atom. The fourth-order valence-electron chi connectivity index (χ4n) is 4.09. The zero-order valence-corrected chi connectivity index (χ0v) is 14.7. The molecule has 2 saturated carbocycles. The molecule has 0 saturated heterocycles. The number of carbonyl (C=O) groups is 2. The zero-order valence-electron chi connectivity index (χ0n) is 13.9. The summed E-state index contributed by atoms with van der Waals surface area (Å²) in [4.78, 5) is 25.5. The minimum absolute atomic E-state index is 0.104. The first-order valence-corrected chi connectivity index (χ1v) is 9.42. The standard InChI is InChI=1S/C20H20O4S/c1-2-9-23-20(22)18-14-7-8-15(17(14)18)19(21)24-11-13-10-12-5-3-4-6-16(12)25-13/h2-6,10,14-15,17-18H,1,7-9,11H2. The van der Waals surface area contributed by atoms with Crippen molar-refractivity contribution in [3.8, 4) is 0 Å². The lowest BCUT2D eigenvalue weighted by atomic mass is 10.0. The highest BCUT2D eigenvalue weighted by molar-refractivity contribution is 7.19. The van der Waals surface area contributed by atoms with Crippen molar-refractivity contribution in [3.63, 3.8) is 0 Å². The number of hydrogen-bond donors (Lipinski definition) is 0. The smallest absolute Gasteiger partial charge is 0.309 e. The van der Waals surface area contributed by atoms with Gasteiger partial charge in [-0.25, -0.2) is 0 Å². The van der Waals surface area contributed by atoms with E-state index in [1.54, 1.807) is 17.4 Å². The van der Waals surface area contributed by atoms with Crippen LogP contribution in [-0.2, 0) is 25.7 Å². The van der Waals surface area contributed by atoms with Crippen molar-refractivity contribution in [2.45, 2.75) is 19.4 Å². The molecule has 0 radical (unpaired) electrons. The highest BCUT2D eigenvalue weighted by Gasteiger charge is 2.64. The van der Waals surface area contributed by atoms with Gasteiger partial charge in [0.1, 0.15) is 13.2 Å². The van der Waals surface area contributed by atoms with Gasteiger partial charge in [-0.15, -0.1) is 11.3 Å². The Morgan fingerprint density at radius 1 is 1.20 bits per heavy atom. The first kappa shape index (κ1) is 16.3. The average Bonchev–Trinajstić information content (AvgIpc) is 2.98. The molecule has 1 aromatic carbocycles. The van der Waals surface area contributed by atoms with Crippen LogP contribution >= 0.6 is 11.3 Å². The number of rotatable bonds is 6. The molecule has 4 nitrogen and oxygen atoms in total. The van der Waals surface area contributed by atoms with Gasteiger partial charge in [0.05, 0.1) is 11.8 Å². The third-order valence-electron chi connectivity index (χ3n) is 5.26. The van der Waals surface area contributed by atoms with Gasteiger partial charge in [0, 0.05) is 9.58 Å². The van der Waals surface area contributed by atoms with E-state index >= 15 is 0 Å². The van der Waals surface area contributed by atoms with E-state index in [1.165, 1.54) is 10.1 Å². The van der Waals surface area contributed by atoms with E-state index in [9.17, 15) is 9.59 Å². The molecule has 2 aliphatic rings. The van der Waals surface area contributed by atoms with E-state index in [0.29, 0.717) is 12.5 Å².